The number of hydrogen-bond donors (Lipinski definition) is 1. The fourth-order valence-corrected chi connectivity index (χ4v) is 1.89. The van der Waals surface area contributed by atoms with E-state index in [1.807, 2.05) is 6.07 Å². The summed E-state index contributed by atoms with van der Waals surface area (Å²) in [4.78, 5) is 4.55. The van der Waals surface area contributed by atoms with Gasteiger partial charge in [0.2, 0.25) is 0 Å². The van der Waals surface area contributed by atoms with Gasteiger partial charge in [-0.15, -0.1) is 0 Å². The van der Waals surface area contributed by atoms with E-state index < -0.39 is 0 Å². The number of para-hydroxylation sites is 1. The molecule has 1 N–H and O–H groups in total. The summed E-state index contributed by atoms with van der Waals surface area (Å²) in [6.07, 6.45) is 5.11. The average molecular weight is 218 g/mol. The van der Waals surface area contributed by atoms with Crippen molar-refractivity contribution in [3.63, 3.8) is 0 Å². The number of anilines is 1. The Morgan fingerprint density at radius 2 is 2.00 bits per heavy atom. The Balaban J connectivity index is 1.96. The molecule has 3 nitrogen and oxygen atoms in total. The number of nitrogens with zero attached hydrogens (tertiary/aromatic N) is 2. The van der Waals surface area contributed by atoms with Gasteiger partial charge in [0, 0.05) is 25.4 Å². The standard InChI is InChI=1S/C13H18N2O/c16-11-5-9-14-8-4-10-15(12-14)13-6-2-1-3-7-13/h1-4,6-8,16H,5,9-12H2. The third-order valence-corrected chi connectivity index (χ3v) is 2.72. The van der Waals surface area contributed by atoms with E-state index in [4.69, 9.17) is 5.11 Å². The van der Waals surface area contributed by atoms with Gasteiger partial charge in [-0.3, -0.25) is 0 Å². The maximum atomic E-state index is 8.82. The molecule has 3 heteroatoms. The van der Waals surface area contributed by atoms with Gasteiger partial charge in [-0.2, -0.15) is 0 Å². The maximum Gasteiger partial charge on any atom is 0.0900 e. The fraction of sp³-hybridized carbons (Fsp3) is 0.385. The minimum Gasteiger partial charge on any atom is -0.396 e. The second-order valence-electron chi connectivity index (χ2n) is 3.97. The lowest BCUT2D eigenvalue weighted by molar-refractivity contribution is 0.256. The fourth-order valence-electron chi connectivity index (χ4n) is 1.89. The molecule has 0 atom stereocenters. The summed E-state index contributed by atoms with van der Waals surface area (Å²) in [6, 6.07) is 10.4. The number of hydrogen-bond acceptors (Lipinski definition) is 3. The predicted molar refractivity (Wildman–Crippen MR) is 66.2 cm³/mol. The summed E-state index contributed by atoms with van der Waals surface area (Å²) in [5.74, 6) is 0. The molecule has 0 bridgehead atoms. The van der Waals surface area contributed by atoms with E-state index in [-0.39, 0.29) is 6.61 Å². The van der Waals surface area contributed by atoms with E-state index in [1.165, 1.54) is 5.69 Å². The highest BCUT2D eigenvalue weighted by Gasteiger charge is 2.11. The first kappa shape index (κ1) is 11.0. The van der Waals surface area contributed by atoms with Gasteiger partial charge in [0.15, 0.2) is 0 Å². The monoisotopic (exact) mass is 218 g/mol. The summed E-state index contributed by atoms with van der Waals surface area (Å²) < 4.78 is 0. The first-order valence-corrected chi connectivity index (χ1v) is 5.72. The van der Waals surface area contributed by atoms with Gasteiger partial charge >= 0.3 is 0 Å². The quantitative estimate of drug-likeness (QED) is 0.832. The Morgan fingerprint density at radius 3 is 2.75 bits per heavy atom. The van der Waals surface area contributed by atoms with E-state index in [0.29, 0.717) is 0 Å². The molecule has 1 aromatic rings. The van der Waals surface area contributed by atoms with Crippen LogP contribution in [0, 0.1) is 0 Å². The summed E-state index contributed by atoms with van der Waals surface area (Å²) in [5, 5.41) is 8.82. The van der Waals surface area contributed by atoms with Gasteiger partial charge in [0.1, 0.15) is 0 Å². The molecule has 0 amide bonds. The van der Waals surface area contributed by atoms with Crippen LogP contribution < -0.4 is 4.90 Å². The van der Waals surface area contributed by atoms with Crippen LogP contribution >= 0.6 is 0 Å². The molecular weight excluding hydrogens is 200 g/mol. The molecule has 2 rings (SSSR count). The van der Waals surface area contributed by atoms with Crippen LogP contribution in [0.25, 0.3) is 0 Å². The zero-order valence-corrected chi connectivity index (χ0v) is 9.42. The molecule has 1 heterocycles. The van der Waals surface area contributed by atoms with Crippen molar-refractivity contribution in [1.29, 1.82) is 0 Å². The van der Waals surface area contributed by atoms with Gasteiger partial charge in [0.25, 0.3) is 0 Å². The average Bonchev–Trinajstić information content (AvgIpc) is 2.38. The molecule has 0 unspecified atom stereocenters. The van der Waals surface area contributed by atoms with E-state index in [2.05, 4.69) is 46.3 Å². The van der Waals surface area contributed by atoms with Gasteiger partial charge in [-0.25, -0.2) is 0 Å². The Labute approximate surface area is 96.6 Å². The highest BCUT2D eigenvalue weighted by molar-refractivity contribution is 5.47. The molecule has 0 saturated carbocycles. The highest BCUT2D eigenvalue weighted by atomic mass is 16.3. The largest absolute Gasteiger partial charge is 0.396 e. The van der Waals surface area contributed by atoms with Gasteiger partial charge in [-0.1, -0.05) is 18.2 Å². The van der Waals surface area contributed by atoms with Crippen molar-refractivity contribution in [3.8, 4) is 0 Å². The van der Waals surface area contributed by atoms with Crippen LogP contribution in [-0.4, -0.2) is 36.4 Å². The lowest BCUT2D eigenvalue weighted by Gasteiger charge is -2.34. The molecule has 1 aromatic carbocycles. The predicted octanol–water partition coefficient (Wildman–Crippen LogP) is 1.66. The van der Waals surface area contributed by atoms with Gasteiger partial charge < -0.3 is 14.9 Å². The molecule has 1 aliphatic heterocycles. The Kier molecular flexibility index (Phi) is 3.83. The molecule has 16 heavy (non-hydrogen) atoms. The zero-order valence-electron chi connectivity index (χ0n) is 9.42. The zero-order chi connectivity index (χ0) is 11.2. The van der Waals surface area contributed by atoms with Crippen LogP contribution in [0.1, 0.15) is 6.42 Å². The normalized spacial score (nSPS) is 15.6. The van der Waals surface area contributed by atoms with Crippen LogP contribution in [0.2, 0.25) is 0 Å². The molecule has 0 fully saturated rings. The molecular formula is C13H18N2O. The van der Waals surface area contributed by atoms with Crippen LogP contribution in [0.4, 0.5) is 5.69 Å². The summed E-state index contributed by atoms with van der Waals surface area (Å²) >= 11 is 0. The maximum absolute atomic E-state index is 8.82. The van der Waals surface area contributed by atoms with Gasteiger partial charge in [-0.05, 0) is 30.8 Å². The summed E-state index contributed by atoms with van der Waals surface area (Å²) in [7, 11) is 0. The molecule has 86 valence electrons. The topological polar surface area (TPSA) is 26.7 Å². The minimum absolute atomic E-state index is 0.260. The SMILES string of the molecule is OCCCN1C=CCN(c2ccccc2)C1. The van der Waals surface area contributed by atoms with Crippen molar-refractivity contribution in [2.24, 2.45) is 0 Å². The molecule has 1 aliphatic rings. The summed E-state index contributed by atoms with van der Waals surface area (Å²) in [5.41, 5.74) is 1.25. The second-order valence-corrected chi connectivity index (χ2v) is 3.97. The number of rotatable bonds is 4. The van der Waals surface area contributed by atoms with Gasteiger partial charge in [0.05, 0.1) is 6.67 Å². The molecule has 0 aliphatic carbocycles. The van der Waals surface area contributed by atoms with Crippen molar-refractivity contribution in [2.45, 2.75) is 6.42 Å². The van der Waals surface area contributed by atoms with Crippen molar-refractivity contribution < 1.29 is 5.11 Å². The van der Waals surface area contributed by atoms with E-state index in [0.717, 1.165) is 26.2 Å². The number of aliphatic hydroxyl groups excluding tert-OH is 1. The van der Waals surface area contributed by atoms with Crippen LogP contribution in [0.5, 0.6) is 0 Å². The lowest BCUT2D eigenvalue weighted by atomic mass is 10.2. The van der Waals surface area contributed by atoms with Crippen molar-refractivity contribution in [1.82, 2.24) is 4.90 Å². The Hall–Kier alpha value is -1.48. The first-order chi connectivity index (χ1) is 7.90. The smallest absolute Gasteiger partial charge is 0.0900 e. The Morgan fingerprint density at radius 1 is 1.19 bits per heavy atom. The van der Waals surface area contributed by atoms with Crippen molar-refractivity contribution in [2.75, 3.05) is 31.3 Å². The second kappa shape index (κ2) is 5.56. The van der Waals surface area contributed by atoms with E-state index in [1.54, 1.807) is 0 Å². The van der Waals surface area contributed by atoms with Crippen LogP contribution in [0.3, 0.4) is 0 Å². The minimum atomic E-state index is 0.260. The number of aliphatic hydroxyl groups is 1. The van der Waals surface area contributed by atoms with E-state index >= 15 is 0 Å². The highest BCUT2D eigenvalue weighted by Crippen LogP contribution is 2.16. The van der Waals surface area contributed by atoms with E-state index in [9.17, 15) is 0 Å². The third kappa shape index (κ3) is 2.76. The molecule has 0 aromatic heterocycles. The lowest BCUT2D eigenvalue weighted by Crippen LogP contribution is -2.39. The molecule has 0 spiro atoms. The molecule has 0 radical (unpaired) electrons. The van der Waals surface area contributed by atoms with Crippen molar-refractivity contribution >= 4 is 5.69 Å². The molecule has 0 saturated heterocycles. The Bertz CT molecular complexity index is 337. The first-order valence-electron chi connectivity index (χ1n) is 5.72. The number of benzene rings is 1. The third-order valence-electron chi connectivity index (χ3n) is 2.72. The summed E-state index contributed by atoms with van der Waals surface area (Å²) in [6.45, 7) is 3.03. The van der Waals surface area contributed by atoms with Crippen LogP contribution in [-0.2, 0) is 0 Å². The van der Waals surface area contributed by atoms with Crippen molar-refractivity contribution in [3.05, 3.63) is 42.6 Å². The van der Waals surface area contributed by atoms with Crippen LogP contribution in [0.15, 0.2) is 42.6 Å².